The molecule has 0 bridgehead atoms. The first-order chi connectivity index (χ1) is 7.31. The Morgan fingerprint density at radius 2 is 1.73 bits per heavy atom. The van der Waals surface area contributed by atoms with Gasteiger partial charge in [-0.25, -0.2) is 4.79 Å². The third kappa shape index (κ3) is 2.42. The predicted octanol–water partition coefficient (Wildman–Crippen LogP) is 3.08. The second-order valence-corrected chi connectivity index (χ2v) is 4.65. The van der Waals surface area contributed by atoms with E-state index in [4.69, 9.17) is 4.74 Å². The van der Waals surface area contributed by atoms with E-state index in [1.54, 1.807) is 6.08 Å². The summed E-state index contributed by atoms with van der Waals surface area (Å²) in [5.74, 6) is 1.26. The van der Waals surface area contributed by atoms with Crippen LogP contribution >= 0.6 is 0 Å². The van der Waals surface area contributed by atoms with E-state index in [1.165, 1.54) is 44.1 Å². The summed E-state index contributed by atoms with van der Waals surface area (Å²) in [5, 5.41) is 0. The Bertz CT molecular complexity index is 244. The molecule has 15 heavy (non-hydrogen) atoms. The third-order valence-corrected chi connectivity index (χ3v) is 3.72. The molecule has 0 unspecified atom stereocenters. The number of hydrogen-bond donors (Lipinski definition) is 0. The van der Waals surface area contributed by atoms with Crippen molar-refractivity contribution in [3.05, 3.63) is 11.6 Å². The van der Waals surface area contributed by atoms with Gasteiger partial charge in [0.1, 0.15) is 0 Å². The average Bonchev–Trinajstić information content (AvgIpc) is 1.97. The van der Waals surface area contributed by atoms with Crippen LogP contribution in [0.5, 0.6) is 0 Å². The van der Waals surface area contributed by atoms with Gasteiger partial charge in [0, 0.05) is 6.08 Å². The molecule has 0 heterocycles. The normalized spacial score (nSPS) is 21.4. The highest BCUT2D eigenvalue weighted by Gasteiger charge is 2.31. The largest absolute Gasteiger partial charge is 0.463 e. The molecule has 2 heteroatoms. The number of hydrogen-bond acceptors (Lipinski definition) is 2. The number of rotatable bonds is 4. The van der Waals surface area contributed by atoms with E-state index < -0.39 is 0 Å². The van der Waals surface area contributed by atoms with Gasteiger partial charge in [0.05, 0.1) is 6.61 Å². The summed E-state index contributed by atoms with van der Waals surface area (Å²) in [6.07, 6.45) is 9.57. The van der Waals surface area contributed by atoms with Gasteiger partial charge in [-0.1, -0.05) is 18.4 Å². The second-order valence-electron chi connectivity index (χ2n) is 4.65. The van der Waals surface area contributed by atoms with Crippen molar-refractivity contribution in [2.45, 2.75) is 45.4 Å². The van der Waals surface area contributed by atoms with Gasteiger partial charge in [-0.2, -0.15) is 0 Å². The molecule has 0 radical (unpaired) electrons. The maximum atomic E-state index is 11.4. The highest BCUT2D eigenvalue weighted by molar-refractivity contribution is 5.83. The fourth-order valence-electron chi connectivity index (χ4n) is 2.37. The molecule has 0 aromatic carbocycles. The van der Waals surface area contributed by atoms with Gasteiger partial charge >= 0.3 is 5.97 Å². The van der Waals surface area contributed by atoms with E-state index in [9.17, 15) is 4.79 Å². The Hall–Kier alpha value is -0.790. The smallest absolute Gasteiger partial charge is 0.330 e. The first-order valence-corrected chi connectivity index (χ1v) is 6.19. The summed E-state index contributed by atoms with van der Waals surface area (Å²) in [7, 11) is 0. The third-order valence-electron chi connectivity index (χ3n) is 3.72. The molecule has 2 aliphatic rings. The number of allylic oxidation sites excluding steroid dienone is 1. The monoisotopic (exact) mass is 208 g/mol. The van der Waals surface area contributed by atoms with Crippen LogP contribution in [0, 0.1) is 11.8 Å². The zero-order valence-corrected chi connectivity index (χ0v) is 9.50. The van der Waals surface area contributed by atoms with Crippen LogP contribution in [0.25, 0.3) is 0 Å². The Labute approximate surface area is 91.7 Å². The van der Waals surface area contributed by atoms with Gasteiger partial charge in [0.2, 0.25) is 0 Å². The molecule has 2 rings (SSSR count). The lowest BCUT2D eigenvalue weighted by Gasteiger charge is -2.37. The zero-order valence-electron chi connectivity index (χ0n) is 9.50. The summed E-state index contributed by atoms with van der Waals surface area (Å²) >= 11 is 0. The van der Waals surface area contributed by atoms with Crippen LogP contribution in [0.3, 0.4) is 0 Å². The molecule has 2 saturated carbocycles. The molecule has 2 fully saturated rings. The molecule has 0 aromatic heterocycles. The van der Waals surface area contributed by atoms with Gasteiger partial charge in [-0.15, -0.1) is 0 Å². The highest BCUT2D eigenvalue weighted by Crippen LogP contribution is 2.43. The van der Waals surface area contributed by atoms with Crippen LogP contribution in [0.1, 0.15) is 45.4 Å². The summed E-state index contributed by atoms with van der Waals surface area (Å²) in [5.41, 5.74) is 1.39. The minimum absolute atomic E-state index is 0.133. The van der Waals surface area contributed by atoms with E-state index >= 15 is 0 Å². The van der Waals surface area contributed by atoms with Crippen molar-refractivity contribution in [3.63, 3.8) is 0 Å². The molecule has 2 aliphatic carbocycles. The average molecular weight is 208 g/mol. The van der Waals surface area contributed by atoms with Crippen LogP contribution < -0.4 is 0 Å². The van der Waals surface area contributed by atoms with Gasteiger partial charge in [-0.05, 0) is 44.4 Å². The Morgan fingerprint density at radius 1 is 1.20 bits per heavy atom. The quantitative estimate of drug-likeness (QED) is 0.524. The van der Waals surface area contributed by atoms with Crippen molar-refractivity contribution in [3.8, 4) is 0 Å². The van der Waals surface area contributed by atoms with Crippen LogP contribution in [0.2, 0.25) is 0 Å². The van der Waals surface area contributed by atoms with Gasteiger partial charge in [0.15, 0.2) is 0 Å². The van der Waals surface area contributed by atoms with E-state index in [-0.39, 0.29) is 5.97 Å². The Kier molecular flexibility index (Phi) is 3.45. The molecule has 0 aromatic rings. The SMILES string of the molecule is CCOC(=O)C=C(C1CCC1)C1CCC1. The lowest BCUT2D eigenvalue weighted by atomic mass is 9.68. The van der Waals surface area contributed by atoms with Crippen LogP contribution in [-0.4, -0.2) is 12.6 Å². The molecule has 0 N–H and O–H groups in total. The fourth-order valence-corrected chi connectivity index (χ4v) is 2.37. The lowest BCUT2D eigenvalue weighted by Crippen LogP contribution is -2.25. The molecule has 0 atom stereocenters. The Morgan fingerprint density at radius 3 is 2.07 bits per heavy atom. The van der Waals surface area contributed by atoms with E-state index in [1.807, 2.05) is 6.92 Å². The van der Waals surface area contributed by atoms with Crippen molar-refractivity contribution < 1.29 is 9.53 Å². The number of esters is 1. The maximum Gasteiger partial charge on any atom is 0.330 e. The van der Waals surface area contributed by atoms with Gasteiger partial charge in [-0.3, -0.25) is 0 Å². The fraction of sp³-hybridized carbons (Fsp3) is 0.769. The lowest BCUT2D eigenvalue weighted by molar-refractivity contribution is -0.137. The summed E-state index contributed by atoms with van der Waals surface area (Å²) in [4.78, 5) is 11.4. The molecule has 0 saturated heterocycles. The van der Waals surface area contributed by atoms with Crippen LogP contribution in [0.15, 0.2) is 11.6 Å². The molecule has 0 amide bonds. The molecule has 0 aliphatic heterocycles. The van der Waals surface area contributed by atoms with Crippen LogP contribution in [0.4, 0.5) is 0 Å². The Balaban J connectivity index is 1.99. The molecule has 2 nitrogen and oxygen atoms in total. The zero-order chi connectivity index (χ0) is 10.7. The standard InChI is InChI=1S/C13H20O2/c1-2-15-13(14)9-12(10-5-3-6-10)11-7-4-8-11/h9-11H,2-8H2,1H3. The van der Waals surface area contributed by atoms with Crippen molar-refractivity contribution in [2.24, 2.45) is 11.8 Å². The van der Waals surface area contributed by atoms with E-state index in [0.717, 1.165) is 0 Å². The summed E-state index contributed by atoms with van der Waals surface area (Å²) in [6, 6.07) is 0. The van der Waals surface area contributed by atoms with Crippen molar-refractivity contribution in [1.82, 2.24) is 0 Å². The number of carbonyl (C=O) groups excluding carboxylic acids is 1. The predicted molar refractivity (Wildman–Crippen MR) is 59.4 cm³/mol. The van der Waals surface area contributed by atoms with E-state index in [0.29, 0.717) is 18.4 Å². The molecule has 0 spiro atoms. The number of ether oxygens (including phenoxy) is 1. The summed E-state index contributed by atoms with van der Waals surface area (Å²) in [6.45, 7) is 2.34. The maximum absolute atomic E-state index is 11.4. The molecule has 84 valence electrons. The summed E-state index contributed by atoms with van der Waals surface area (Å²) < 4.78 is 4.99. The number of carbonyl (C=O) groups is 1. The molecular weight excluding hydrogens is 188 g/mol. The topological polar surface area (TPSA) is 26.3 Å². The van der Waals surface area contributed by atoms with Crippen molar-refractivity contribution >= 4 is 5.97 Å². The van der Waals surface area contributed by atoms with Gasteiger partial charge < -0.3 is 4.74 Å². The van der Waals surface area contributed by atoms with Crippen LogP contribution in [-0.2, 0) is 9.53 Å². The first-order valence-electron chi connectivity index (χ1n) is 6.19. The first kappa shape index (κ1) is 10.7. The van der Waals surface area contributed by atoms with Crippen molar-refractivity contribution in [2.75, 3.05) is 6.61 Å². The van der Waals surface area contributed by atoms with Crippen molar-refractivity contribution in [1.29, 1.82) is 0 Å². The minimum Gasteiger partial charge on any atom is -0.463 e. The second kappa shape index (κ2) is 4.82. The molecular formula is C13H20O2. The van der Waals surface area contributed by atoms with Gasteiger partial charge in [0.25, 0.3) is 0 Å². The van der Waals surface area contributed by atoms with E-state index in [2.05, 4.69) is 0 Å². The highest BCUT2D eigenvalue weighted by atomic mass is 16.5. The minimum atomic E-state index is -0.133.